The van der Waals surface area contributed by atoms with Gasteiger partial charge in [0.15, 0.2) is 0 Å². The van der Waals surface area contributed by atoms with Crippen LogP contribution in [0.15, 0.2) is 12.5 Å². The number of H-pyrrole nitrogens is 1. The third-order valence-corrected chi connectivity index (χ3v) is 1.54. The minimum Gasteiger partial charge on any atom is -0.348 e. The summed E-state index contributed by atoms with van der Waals surface area (Å²) in [5.41, 5.74) is 6.18. The van der Waals surface area contributed by atoms with Gasteiger partial charge in [0.1, 0.15) is 6.04 Å². The zero-order valence-electron chi connectivity index (χ0n) is 8.10. The Kier molecular flexibility index (Phi) is 3.81. The van der Waals surface area contributed by atoms with Crippen molar-refractivity contribution < 1.29 is 19.4 Å². The molecule has 0 fully saturated rings. The number of aromatic nitrogens is 2. The Hall–Kier alpha value is -1.89. The first kappa shape index (κ1) is 11.2. The smallest absolute Gasteiger partial charge is 0.348 e. The van der Waals surface area contributed by atoms with Crippen LogP contribution >= 0.6 is 0 Å². The summed E-state index contributed by atoms with van der Waals surface area (Å²) in [5, 5.41) is 0. The number of hydrogen-bond acceptors (Lipinski definition) is 6. The first-order valence-corrected chi connectivity index (χ1v) is 4.21. The van der Waals surface area contributed by atoms with E-state index in [1.165, 1.54) is 6.33 Å². The van der Waals surface area contributed by atoms with Gasteiger partial charge in [0.25, 0.3) is 0 Å². The molecule has 0 aliphatic carbocycles. The second-order valence-corrected chi connectivity index (χ2v) is 2.86. The van der Waals surface area contributed by atoms with Gasteiger partial charge >= 0.3 is 11.9 Å². The molecule has 1 atom stereocenters. The van der Waals surface area contributed by atoms with Gasteiger partial charge < -0.3 is 10.7 Å². The Balaban J connectivity index is 2.36. The van der Waals surface area contributed by atoms with E-state index < -0.39 is 18.0 Å². The predicted octanol–water partition coefficient (Wildman–Crippen LogP) is -0.699. The van der Waals surface area contributed by atoms with E-state index in [4.69, 9.17) is 5.73 Å². The fourth-order valence-electron chi connectivity index (χ4n) is 0.878. The molecule has 0 bridgehead atoms. The van der Waals surface area contributed by atoms with Crippen molar-refractivity contribution in [2.24, 2.45) is 5.73 Å². The molecule has 0 radical (unpaired) electrons. The molecule has 0 saturated carbocycles. The lowest BCUT2D eigenvalue weighted by molar-refractivity contribution is -0.258. The summed E-state index contributed by atoms with van der Waals surface area (Å²) < 4.78 is 0. The number of nitrogens with zero attached hydrogens (tertiary/aromatic N) is 1. The van der Waals surface area contributed by atoms with Gasteiger partial charge in [-0.15, -0.1) is 0 Å². The molecular formula is C8H11N3O4. The van der Waals surface area contributed by atoms with Gasteiger partial charge in [-0.3, -0.25) is 0 Å². The van der Waals surface area contributed by atoms with E-state index in [-0.39, 0.29) is 6.42 Å². The average Bonchev–Trinajstić information content (AvgIpc) is 2.66. The molecule has 0 aromatic carbocycles. The van der Waals surface area contributed by atoms with E-state index in [9.17, 15) is 9.59 Å². The molecule has 1 unspecified atom stereocenters. The minimum absolute atomic E-state index is 0.236. The van der Waals surface area contributed by atoms with Crippen LogP contribution in [-0.2, 0) is 25.8 Å². The standard InChI is InChI=1S/C8H11N3O4/c1-5(12)14-15-8(13)7(9)2-6-3-10-4-11-6/h3-4,7H,2,9H2,1H3,(H,10,11). The lowest BCUT2D eigenvalue weighted by Gasteiger charge is -2.07. The monoisotopic (exact) mass is 213 g/mol. The summed E-state index contributed by atoms with van der Waals surface area (Å²) in [6.45, 7) is 1.12. The number of hydrogen-bond donors (Lipinski definition) is 2. The molecule has 82 valence electrons. The molecule has 1 rings (SSSR count). The van der Waals surface area contributed by atoms with E-state index in [0.717, 1.165) is 6.92 Å². The normalized spacial score (nSPS) is 11.9. The second kappa shape index (κ2) is 5.11. The maximum Gasteiger partial charge on any atom is 0.372 e. The summed E-state index contributed by atoms with van der Waals surface area (Å²) >= 11 is 0. The fourth-order valence-corrected chi connectivity index (χ4v) is 0.878. The van der Waals surface area contributed by atoms with Crippen molar-refractivity contribution in [3.63, 3.8) is 0 Å². The van der Waals surface area contributed by atoms with Gasteiger partial charge in [0.05, 0.1) is 6.33 Å². The number of carbonyl (C=O) groups excluding carboxylic acids is 2. The lowest BCUT2D eigenvalue weighted by Crippen LogP contribution is -2.34. The van der Waals surface area contributed by atoms with Crippen LogP contribution in [0.1, 0.15) is 12.6 Å². The maximum atomic E-state index is 11.1. The number of nitrogens with two attached hydrogens (primary N) is 1. The number of aromatic amines is 1. The Labute approximate surface area is 85.5 Å². The highest BCUT2D eigenvalue weighted by molar-refractivity contribution is 5.76. The first-order chi connectivity index (χ1) is 7.09. The Morgan fingerprint density at radius 2 is 2.33 bits per heavy atom. The van der Waals surface area contributed by atoms with Crippen molar-refractivity contribution in [1.29, 1.82) is 0 Å². The highest BCUT2D eigenvalue weighted by Gasteiger charge is 2.18. The highest BCUT2D eigenvalue weighted by atomic mass is 17.2. The number of imidazole rings is 1. The van der Waals surface area contributed by atoms with Crippen LogP contribution in [-0.4, -0.2) is 27.9 Å². The van der Waals surface area contributed by atoms with Crippen LogP contribution in [0.5, 0.6) is 0 Å². The van der Waals surface area contributed by atoms with Crippen molar-refractivity contribution in [1.82, 2.24) is 9.97 Å². The van der Waals surface area contributed by atoms with E-state index in [2.05, 4.69) is 19.7 Å². The van der Waals surface area contributed by atoms with Crippen LogP contribution in [0.3, 0.4) is 0 Å². The van der Waals surface area contributed by atoms with Crippen molar-refractivity contribution in [3.8, 4) is 0 Å². The van der Waals surface area contributed by atoms with Gasteiger partial charge in [-0.05, 0) is 0 Å². The molecule has 7 nitrogen and oxygen atoms in total. The summed E-state index contributed by atoms with van der Waals surface area (Å²) in [7, 11) is 0. The van der Waals surface area contributed by atoms with Crippen molar-refractivity contribution >= 4 is 11.9 Å². The largest absolute Gasteiger partial charge is 0.372 e. The summed E-state index contributed by atoms with van der Waals surface area (Å²) in [6, 6.07) is -0.898. The van der Waals surface area contributed by atoms with Crippen LogP contribution < -0.4 is 5.73 Å². The van der Waals surface area contributed by atoms with Crippen molar-refractivity contribution in [2.75, 3.05) is 0 Å². The zero-order chi connectivity index (χ0) is 11.3. The van der Waals surface area contributed by atoms with Gasteiger partial charge in [-0.2, -0.15) is 0 Å². The molecule has 0 spiro atoms. The SMILES string of the molecule is CC(=O)OOC(=O)C(N)Cc1cnc[nH]1. The number of rotatable bonds is 3. The van der Waals surface area contributed by atoms with Crippen LogP contribution in [0.2, 0.25) is 0 Å². The summed E-state index contributed by atoms with van der Waals surface area (Å²) in [4.78, 5) is 36.2. The average molecular weight is 213 g/mol. The van der Waals surface area contributed by atoms with Crippen LogP contribution in [0.4, 0.5) is 0 Å². The van der Waals surface area contributed by atoms with Gasteiger partial charge in [0, 0.05) is 25.2 Å². The van der Waals surface area contributed by atoms with Crippen LogP contribution in [0, 0.1) is 0 Å². The third kappa shape index (κ3) is 3.77. The highest BCUT2D eigenvalue weighted by Crippen LogP contribution is 1.98. The molecule has 15 heavy (non-hydrogen) atoms. The molecule has 1 heterocycles. The fraction of sp³-hybridized carbons (Fsp3) is 0.375. The summed E-state index contributed by atoms with van der Waals surface area (Å²) in [6.07, 6.45) is 3.25. The Morgan fingerprint density at radius 3 is 2.87 bits per heavy atom. The maximum absolute atomic E-state index is 11.1. The molecule has 7 heteroatoms. The van der Waals surface area contributed by atoms with E-state index in [0.29, 0.717) is 5.69 Å². The lowest BCUT2D eigenvalue weighted by atomic mass is 10.2. The first-order valence-electron chi connectivity index (χ1n) is 4.21. The Morgan fingerprint density at radius 1 is 1.60 bits per heavy atom. The second-order valence-electron chi connectivity index (χ2n) is 2.86. The molecular weight excluding hydrogens is 202 g/mol. The molecule has 1 aromatic heterocycles. The third-order valence-electron chi connectivity index (χ3n) is 1.54. The molecule has 3 N–H and O–H groups in total. The summed E-state index contributed by atoms with van der Waals surface area (Å²) in [5.74, 6) is -1.52. The molecule has 0 aliphatic rings. The minimum atomic E-state index is -0.898. The predicted molar refractivity (Wildman–Crippen MR) is 48.1 cm³/mol. The van der Waals surface area contributed by atoms with E-state index >= 15 is 0 Å². The van der Waals surface area contributed by atoms with Gasteiger partial charge in [-0.25, -0.2) is 24.3 Å². The van der Waals surface area contributed by atoms with Crippen molar-refractivity contribution in [3.05, 3.63) is 18.2 Å². The number of nitrogens with one attached hydrogen (secondary N) is 1. The molecule has 0 aliphatic heterocycles. The van der Waals surface area contributed by atoms with E-state index in [1.807, 2.05) is 0 Å². The molecule has 1 aromatic rings. The zero-order valence-corrected chi connectivity index (χ0v) is 8.10. The van der Waals surface area contributed by atoms with Crippen molar-refractivity contribution in [2.45, 2.75) is 19.4 Å². The topological polar surface area (TPSA) is 107 Å². The molecule has 0 saturated heterocycles. The number of carbonyl (C=O) groups is 2. The quantitative estimate of drug-likeness (QED) is 0.508. The van der Waals surface area contributed by atoms with Crippen LogP contribution in [0.25, 0.3) is 0 Å². The van der Waals surface area contributed by atoms with E-state index in [1.54, 1.807) is 6.20 Å². The van der Waals surface area contributed by atoms with Gasteiger partial charge in [0.2, 0.25) is 0 Å². The van der Waals surface area contributed by atoms with Gasteiger partial charge in [-0.1, -0.05) is 0 Å². The Bertz CT molecular complexity index is 336. The molecule has 0 amide bonds.